The molecule has 0 aliphatic heterocycles. The highest BCUT2D eigenvalue weighted by Gasteiger charge is 2.17. The molecule has 0 saturated carbocycles. The van der Waals surface area contributed by atoms with Gasteiger partial charge in [-0.25, -0.2) is 4.79 Å². The van der Waals surface area contributed by atoms with Crippen LogP contribution in [0.4, 0.5) is 4.79 Å². The highest BCUT2D eigenvalue weighted by molar-refractivity contribution is 7.09. The van der Waals surface area contributed by atoms with Gasteiger partial charge in [0.1, 0.15) is 5.60 Å². The fourth-order valence-corrected chi connectivity index (χ4v) is 2.56. The lowest BCUT2D eigenvalue weighted by molar-refractivity contribution is 0.0521. The van der Waals surface area contributed by atoms with Gasteiger partial charge in [-0.15, -0.1) is 11.3 Å². The lowest BCUT2D eigenvalue weighted by atomic mass is 10.1. The predicted octanol–water partition coefficient (Wildman–Crippen LogP) is 3.92. The van der Waals surface area contributed by atoms with E-state index in [0.717, 1.165) is 25.8 Å². The molecule has 5 heteroatoms. The minimum absolute atomic E-state index is 0.277. The van der Waals surface area contributed by atoms with E-state index in [0.29, 0.717) is 6.54 Å². The van der Waals surface area contributed by atoms with Crippen LogP contribution in [0.15, 0.2) is 17.5 Å². The average Bonchev–Trinajstić information content (AvgIpc) is 2.89. The van der Waals surface area contributed by atoms with Crippen molar-refractivity contribution in [3.05, 3.63) is 22.4 Å². The number of hydrogen-bond acceptors (Lipinski definition) is 4. The number of thiophene rings is 1. The molecule has 0 spiro atoms. The fraction of sp³-hybridized carbons (Fsp3) is 0.688. The van der Waals surface area contributed by atoms with E-state index in [1.54, 1.807) is 11.3 Å². The Labute approximate surface area is 132 Å². The largest absolute Gasteiger partial charge is 0.444 e. The van der Waals surface area contributed by atoms with Gasteiger partial charge in [-0.05, 0) is 38.6 Å². The second kappa shape index (κ2) is 9.05. The Bertz CT molecular complexity index is 399. The zero-order chi connectivity index (χ0) is 15.7. The number of alkyl carbamates (subject to hydrolysis) is 1. The summed E-state index contributed by atoms with van der Waals surface area (Å²) in [5, 5.41) is 8.45. The molecule has 1 unspecified atom stereocenters. The van der Waals surface area contributed by atoms with Gasteiger partial charge in [0.05, 0.1) is 0 Å². The molecule has 1 aromatic heterocycles. The van der Waals surface area contributed by atoms with Gasteiger partial charge in [-0.3, -0.25) is 0 Å². The standard InChI is InChI=1S/C16H28N2O2S/c1-5-6-8-13(17-12-14-9-7-10-21-14)11-18-15(19)20-16(2,3)4/h7,9-10,13,17H,5-6,8,11-12H2,1-4H3,(H,18,19). The van der Waals surface area contributed by atoms with Crippen LogP contribution in [0.5, 0.6) is 0 Å². The summed E-state index contributed by atoms with van der Waals surface area (Å²) in [5.41, 5.74) is -0.451. The molecule has 1 heterocycles. The third-order valence-corrected chi connectivity index (χ3v) is 3.82. The Hall–Kier alpha value is -1.07. The topological polar surface area (TPSA) is 50.4 Å². The van der Waals surface area contributed by atoms with Crippen LogP contribution < -0.4 is 10.6 Å². The van der Waals surface area contributed by atoms with E-state index in [9.17, 15) is 4.79 Å². The Morgan fingerprint density at radius 1 is 1.43 bits per heavy atom. The second-order valence-corrected chi connectivity index (χ2v) is 7.21. The van der Waals surface area contributed by atoms with Crippen LogP contribution in [0, 0.1) is 0 Å². The summed E-state index contributed by atoms with van der Waals surface area (Å²) in [4.78, 5) is 13.0. The summed E-state index contributed by atoms with van der Waals surface area (Å²) in [6.45, 7) is 9.24. The van der Waals surface area contributed by atoms with E-state index in [4.69, 9.17) is 4.74 Å². The van der Waals surface area contributed by atoms with Crippen LogP contribution in [0.2, 0.25) is 0 Å². The molecule has 1 amide bonds. The first-order valence-corrected chi connectivity index (χ1v) is 8.51. The molecule has 120 valence electrons. The van der Waals surface area contributed by atoms with E-state index in [1.165, 1.54) is 4.88 Å². The summed E-state index contributed by atoms with van der Waals surface area (Å²) >= 11 is 1.75. The first kappa shape index (κ1) is 18.0. The lowest BCUT2D eigenvalue weighted by Crippen LogP contribution is -2.42. The van der Waals surface area contributed by atoms with Crippen molar-refractivity contribution in [2.75, 3.05) is 6.54 Å². The molecule has 0 bridgehead atoms. The minimum atomic E-state index is -0.451. The molecular formula is C16H28N2O2S. The molecular weight excluding hydrogens is 284 g/mol. The normalized spacial score (nSPS) is 13.0. The van der Waals surface area contributed by atoms with Crippen LogP contribution in [0.25, 0.3) is 0 Å². The molecule has 1 rings (SSSR count). The molecule has 0 saturated heterocycles. The van der Waals surface area contributed by atoms with Gasteiger partial charge < -0.3 is 15.4 Å². The maximum Gasteiger partial charge on any atom is 0.407 e. The molecule has 0 fully saturated rings. The molecule has 2 N–H and O–H groups in total. The zero-order valence-electron chi connectivity index (χ0n) is 13.6. The van der Waals surface area contributed by atoms with Gasteiger partial charge >= 0.3 is 6.09 Å². The Kier molecular flexibility index (Phi) is 7.75. The van der Waals surface area contributed by atoms with E-state index in [-0.39, 0.29) is 12.1 Å². The van der Waals surface area contributed by atoms with Crippen molar-refractivity contribution in [1.29, 1.82) is 0 Å². The molecule has 0 radical (unpaired) electrons. The number of carbonyl (C=O) groups excluding carboxylic acids is 1. The van der Waals surface area contributed by atoms with Gasteiger partial charge in [-0.1, -0.05) is 25.8 Å². The zero-order valence-corrected chi connectivity index (χ0v) is 14.4. The van der Waals surface area contributed by atoms with Crippen molar-refractivity contribution in [1.82, 2.24) is 10.6 Å². The van der Waals surface area contributed by atoms with E-state index < -0.39 is 5.60 Å². The van der Waals surface area contributed by atoms with Crippen LogP contribution in [-0.4, -0.2) is 24.3 Å². The lowest BCUT2D eigenvalue weighted by Gasteiger charge is -2.22. The number of carbonyl (C=O) groups is 1. The van der Waals surface area contributed by atoms with E-state index >= 15 is 0 Å². The third-order valence-electron chi connectivity index (χ3n) is 2.94. The monoisotopic (exact) mass is 312 g/mol. The Morgan fingerprint density at radius 2 is 2.19 bits per heavy atom. The van der Waals surface area contributed by atoms with Crippen molar-refractivity contribution in [2.45, 2.75) is 65.1 Å². The number of hydrogen-bond donors (Lipinski definition) is 2. The first-order chi connectivity index (χ1) is 9.90. The van der Waals surface area contributed by atoms with Crippen LogP contribution in [0.3, 0.4) is 0 Å². The Morgan fingerprint density at radius 3 is 2.76 bits per heavy atom. The average molecular weight is 312 g/mol. The van der Waals surface area contributed by atoms with Crippen LogP contribution in [-0.2, 0) is 11.3 Å². The summed E-state index contributed by atoms with van der Waals surface area (Å²) in [6.07, 6.45) is 3.02. The van der Waals surface area contributed by atoms with Gasteiger partial charge in [0, 0.05) is 24.0 Å². The Balaban J connectivity index is 2.36. The SMILES string of the molecule is CCCCC(CNC(=O)OC(C)(C)C)NCc1cccs1. The van der Waals surface area contributed by atoms with Crippen molar-refractivity contribution in [3.8, 4) is 0 Å². The molecule has 4 nitrogen and oxygen atoms in total. The predicted molar refractivity (Wildman–Crippen MR) is 88.7 cm³/mol. The molecule has 1 aromatic rings. The van der Waals surface area contributed by atoms with Crippen LogP contribution in [0.1, 0.15) is 51.8 Å². The number of unbranched alkanes of at least 4 members (excludes halogenated alkanes) is 1. The van der Waals surface area contributed by atoms with Crippen molar-refractivity contribution < 1.29 is 9.53 Å². The summed E-state index contributed by atoms with van der Waals surface area (Å²) < 4.78 is 5.27. The quantitative estimate of drug-likeness (QED) is 0.765. The van der Waals surface area contributed by atoms with Gasteiger partial charge in [-0.2, -0.15) is 0 Å². The number of ether oxygens (including phenoxy) is 1. The van der Waals surface area contributed by atoms with E-state index in [1.807, 2.05) is 20.8 Å². The summed E-state index contributed by atoms with van der Waals surface area (Å²) in [5.74, 6) is 0. The molecule has 0 aliphatic rings. The fourth-order valence-electron chi connectivity index (χ4n) is 1.91. The molecule has 21 heavy (non-hydrogen) atoms. The maximum atomic E-state index is 11.7. The summed E-state index contributed by atoms with van der Waals surface area (Å²) in [6, 6.07) is 4.46. The van der Waals surface area contributed by atoms with Crippen molar-refractivity contribution in [3.63, 3.8) is 0 Å². The maximum absolute atomic E-state index is 11.7. The summed E-state index contributed by atoms with van der Waals surface area (Å²) in [7, 11) is 0. The van der Waals surface area contributed by atoms with E-state index in [2.05, 4.69) is 35.1 Å². The molecule has 1 atom stereocenters. The minimum Gasteiger partial charge on any atom is -0.444 e. The number of nitrogens with one attached hydrogen (secondary N) is 2. The number of amides is 1. The van der Waals surface area contributed by atoms with Crippen molar-refractivity contribution in [2.24, 2.45) is 0 Å². The van der Waals surface area contributed by atoms with Gasteiger partial charge in [0.25, 0.3) is 0 Å². The third kappa shape index (κ3) is 8.73. The first-order valence-electron chi connectivity index (χ1n) is 7.63. The second-order valence-electron chi connectivity index (χ2n) is 6.18. The number of rotatable bonds is 8. The van der Waals surface area contributed by atoms with Gasteiger partial charge in [0.15, 0.2) is 0 Å². The highest BCUT2D eigenvalue weighted by atomic mass is 32.1. The molecule has 0 aliphatic carbocycles. The van der Waals surface area contributed by atoms with Gasteiger partial charge in [0.2, 0.25) is 0 Å². The smallest absolute Gasteiger partial charge is 0.407 e. The highest BCUT2D eigenvalue weighted by Crippen LogP contribution is 2.10. The van der Waals surface area contributed by atoms with Crippen LogP contribution >= 0.6 is 11.3 Å². The molecule has 0 aromatic carbocycles. The van der Waals surface area contributed by atoms with Crippen molar-refractivity contribution >= 4 is 17.4 Å².